The van der Waals surface area contributed by atoms with Gasteiger partial charge < -0.3 is 15.1 Å². The van der Waals surface area contributed by atoms with Crippen LogP contribution in [0.15, 0.2) is 0 Å². The van der Waals surface area contributed by atoms with Crippen LogP contribution >= 0.6 is 0 Å². The topological polar surface area (TPSA) is 98.8 Å². The number of hydrogen-bond acceptors (Lipinski definition) is 4. The summed E-state index contributed by atoms with van der Waals surface area (Å²) in [5.74, 6) is 4.95. The molecule has 0 aliphatic carbocycles. The zero-order valence-corrected chi connectivity index (χ0v) is 7.36. The van der Waals surface area contributed by atoms with Gasteiger partial charge in [-0.25, -0.2) is 10.6 Å². The Labute approximate surface area is 76.3 Å². The zero-order valence-electron chi connectivity index (χ0n) is 7.36. The molecule has 6 nitrogen and oxygen atoms in total. The summed E-state index contributed by atoms with van der Waals surface area (Å²) >= 11 is 0. The Kier molecular flexibility index (Phi) is 3.07. The summed E-state index contributed by atoms with van der Waals surface area (Å²) in [7, 11) is 0. The van der Waals surface area contributed by atoms with E-state index in [2.05, 4.69) is 0 Å². The molecule has 0 atom stereocenters. The number of amides is 2. The summed E-state index contributed by atoms with van der Waals surface area (Å²) in [5.41, 5.74) is 1.00. The molecule has 1 rings (SSSR count). The molecule has 0 spiro atoms. The number of piperidine rings is 1. The fourth-order valence-corrected chi connectivity index (χ4v) is 1.38. The number of aliphatic hydroxyl groups excluding tert-OH is 1. The monoisotopic (exact) mass is 189 g/mol. The van der Waals surface area contributed by atoms with E-state index >= 15 is 0 Å². The van der Waals surface area contributed by atoms with Crippen molar-refractivity contribution in [2.24, 2.45) is 5.84 Å². The van der Waals surface area contributed by atoms with Crippen molar-refractivity contribution in [1.29, 1.82) is 0 Å². The number of carbonyl (C=O) groups excluding carboxylic acids is 1. The van der Waals surface area contributed by atoms with Crippen LogP contribution in [0.2, 0.25) is 0 Å². The van der Waals surface area contributed by atoms with Crippen molar-refractivity contribution >= 4 is 6.03 Å². The fourth-order valence-electron chi connectivity index (χ4n) is 1.38. The minimum atomic E-state index is -1.02. The largest absolute Gasteiger partial charge is 0.393 e. The van der Waals surface area contributed by atoms with Gasteiger partial charge in [-0.15, -0.1) is 0 Å². The first-order valence-corrected chi connectivity index (χ1v) is 4.20. The maximum atomic E-state index is 11.0. The fraction of sp³-hybridized carbons (Fsp3) is 0.857. The van der Waals surface area contributed by atoms with E-state index in [0.717, 1.165) is 0 Å². The second-order valence-corrected chi connectivity index (χ2v) is 3.32. The van der Waals surface area contributed by atoms with Crippen LogP contribution in [0.1, 0.15) is 12.8 Å². The summed E-state index contributed by atoms with van der Waals surface area (Å²) in [4.78, 5) is 12.5. The number of carbonyl (C=O) groups is 1. The van der Waals surface area contributed by atoms with Crippen molar-refractivity contribution in [2.45, 2.75) is 18.4 Å². The van der Waals surface area contributed by atoms with E-state index in [4.69, 9.17) is 10.9 Å². The molecule has 1 aliphatic heterocycles. The molecule has 0 aromatic heterocycles. The van der Waals surface area contributed by atoms with E-state index in [1.54, 1.807) is 0 Å². The van der Waals surface area contributed by atoms with Gasteiger partial charge in [-0.3, -0.25) is 5.43 Å². The van der Waals surface area contributed by atoms with E-state index in [0.29, 0.717) is 25.9 Å². The van der Waals surface area contributed by atoms with Crippen molar-refractivity contribution < 1.29 is 15.0 Å². The van der Waals surface area contributed by atoms with E-state index in [-0.39, 0.29) is 12.6 Å². The lowest BCUT2D eigenvalue weighted by Crippen LogP contribution is -2.52. The maximum Gasteiger partial charge on any atom is 0.331 e. The summed E-state index contributed by atoms with van der Waals surface area (Å²) in [6, 6.07) is -0.347. The molecule has 0 bridgehead atoms. The van der Waals surface area contributed by atoms with Crippen LogP contribution < -0.4 is 11.3 Å². The highest BCUT2D eigenvalue weighted by molar-refractivity contribution is 5.73. The first kappa shape index (κ1) is 10.2. The first-order chi connectivity index (χ1) is 6.11. The predicted molar refractivity (Wildman–Crippen MR) is 45.6 cm³/mol. The van der Waals surface area contributed by atoms with E-state index in [1.165, 1.54) is 4.90 Å². The Hall–Kier alpha value is -0.850. The molecule has 0 radical (unpaired) electrons. The second kappa shape index (κ2) is 3.91. The molecule has 1 aliphatic rings. The standard InChI is InChI=1S/C7H15N3O3/c8-9-6(12)10-3-1-7(13,5-11)2-4-10/h11,13H,1-5,8H2,(H,9,12). The lowest BCUT2D eigenvalue weighted by Gasteiger charge is -2.36. The highest BCUT2D eigenvalue weighted by atomic mass is 16.3. The molecule has 1 fully saturated rings. The number of hydrazine groups is 1. The van der Waals surface area contributed by atoms with Gasteiger partial charge in [0.05, 0.1) is 12.2 Å². The Morgan fingerprint density at radius 1 is 1.54 bits per heavy atom. The third-order valence-electron chi connectivity index (χ3n) is 2.40. The third kappa shape index (κ3) is 2.30. The number of nitrogens with two attached hydrogens (primary N) is 1. The van der Waals surface area contributed by atoms with Gasteiger partial charge in [0.15, 0.2) is 0 Å². The second-order valence-electron chi connectivity index (χ2n) is 3.32. The van der Waals surface area contributed by atoms with Crippen molar-refractivity contribution in [3.8, 4) is 0 Å². The average molecular weight is 189 g/mol. The van der Waals surface area contributed by atoms with Crippen LogP contribution in [0, 0.1) is 0 Å². The van der Waals surface area contributed by atoms with Gasteiger partial charge in [-0.2, -0.15) is 0 Å². The van der Waals surface area contributed by atoms with Gasteiger partial charge in [0.2, 0.25) is 0 Å². The SMILES string of the molecule is NNC(=O)N1CCC(O)(CO)CC1. The molecule has 1 saturated heterocycles. The molecule has 76 valence electrons. The minimum Gasteiger partial charge on any atom is -0.393 e. The van der Waals surface area contributed by atoms with E-state index in [9.17, 15) is 9.90 Å². The Morgan fingerprint density at radius 2 is 2.08 bits per heavy atom. The molecule has 0 saturated carbocycles. The van der Waals surface area contributed by atoms with E-state index in [1.807, 2.05) is 5.43 Å². The van der Waals surface area contributed by atoms with Crippen molar-refractivity contribution in [2.75, 3.05) is 19.7 Å². The molecule has 0 aromatic rings. The number of nitrogens with zero attached hydrogens (tertiary/aromatic N) is 1. The molecule has 5 N–H and O–H groups in total. The Morgan fingerprint density at radius 3 is 2.46 bits per heavy atom. The summed E-state index contributed by atoms with van der Waals surface area (Å²) < 4.78 is 0. The van der Waals surface area contributed by atoms with Crippen LogP contribution in [-0.2, 0) is 0 Å². The molecule has 2 amide bonds. The molecular weight excluding hydrogens is 174 g/mol. The van der Waals surface area contributed by atoms with Crippen LogP contribution in [-0.4, -0.2) is 46.4 Å². The van der Waals surface area contributed by atoms with Crippen molar-refractivity contribution in [3.63, 3.8) is 0 Å². The predicted octanol–water partition coefficient (Wildman–Crippen LogP) is -1.61. The number of hydrogen-bond donors (Lipinski definition) is 4. The lowest BCUT2D eigenvalue weighted by molar-refractivity contribution is -0.0526. The smallest absolute Gasteiger partial charge is 0.331 e. The van der Waals surface area contributed by atoms with Crippen molar-refractivity contribution in [3.05, 3.63) is 0 Å². The maximum absolute atomic E-state index is 11.0. The number of aliphatic hydroxyl groups is 2. The summed E-state index contributed by atoms with van der Waals surface area (Å²) in [6.45, 7) is 0.575. The highest BCUT2D eigenvalue weighted by Gasteiger charge is 2.32. The van der Waals surface area contributed by atoms with Gasteiger partial charge >= 0.3 is 6.03 Å². The van der Waals surface area contributed by atoms with Gasteiger partial charge in [-0.1, -0.05) is 0 Å². The average Bonchev–Trinajstić information content (AvgIpc) is 2.18. The Balaban J connectivity index is 2.43. The van der Waals surface area contributed by atoms with Crippen LogP contribution in [0.25, 0.3) is 0 Å². The normalized spacial score (nSPS) is 21.3. The number of nitrogens with one attached hydrogen (secondary N) is 1. The third-order valence-corrected chi connectivity index (χ3v) is 2.40. The molecule has 1 heterocycles. The number of likely N-dealkylation sites (tertiary alicyclic amines) is 1. The summed E-state index contributed by atoms with van der Waals surface area (Å²) in [5, 5.41) is 18.5. The summed E-state index contributed by atoms with van der Waals surface area (Å²) in [6.07, 6.45) is 0.772. The lowest BCUT2D eigenvalue weighted by atomic mass is 9.93. The molecule has 13 heavy (non-hydrogen) atoms. The van der Waals surface area contributed by atoms with Crippen molar-refractivity contribution in [1.82, 2.24) is 10.3 Å². The number of urea groups is 1. The van der Waals surface area contributed by atoms with Gasteiger partial charge in [0.25, 0.3) is 0 Å². The van der Waals surface area contributed by atoms with Crippen LogP contribution in [0.3, 0.4) is 0 Å². The van der Waals surface area contributed by atoms with Gasteiger partial charge in [0.1, 0.15) is 0 Å². The highest BCUT2D eigenvalue weighted by Crippen LogP contribution is 2.20. The number of rotatable bonds is 1. The molecule has 0 aromatic carbocycles. The van der Waals surface area contributed by atoms with E-state index < -0.39 is 5.60 Å². The first-order valence-electron chi connectivity index (χ1n) is 4.20. The molecule has 0 unspecified atom stereocenters. The Bertz CT molecular complexity index is 189. The molecule has 6 heteroatoms. The molecular formula is C7H15N3O3. The quantitative estimate of drug-likeness (QED) is 0.226. The minimum absolute atomic E-state index is 0.259. The zero-order chi connectivity index (χ0) is 9.90. The van der Waals surface area contributed by atoms with Crippen LogP contribution in [0.4, 0.5) is 4.79 Å². The van der Waals surface area contributed by atoms with Gasteiger partial charge in [0, 0.05) is 13.1 Å². The van der Waals surface area contributed by atoms with Gasteiger partial charge in [-0.05, 0) is 12.8 Å². The van der Waals surface area contributed by atoms with Crippen LogP contribution in [0.5, 0.6) is 0 Å².